The van der Waals surface area contributed by atoms with E-state index in [1.165, 1.54) is 0 Å². The smallest absolute Gasteiger partial charge is 0.171 e. The summed E-state index contributed by atoms with van der Waals surface area (Å²) in [6.45, 7) is 8.66. The van der Waals surface area contributed by atoms with E-state index in [-0.39, 0.29) is 11.9 Å². The second kappa shape index (κ2) is 8.29. The van der Waals surface area contributed by atoms with Crippen LogP contribution in [-0.4, -0.2) is 57.5 Å². The van der Waals surface area contributed by atoms with Gasteiger partial charge in [-0.2, -0.15) is 0 Å². The van der Waals surface area contributed by atoms with Crippen LogP contribution in [-0.2, 0) is 18.9 Å². The monoisotopic (exact) mass is 287 g/mol. The van der Waals surface area contributed by atoms with Crippen molar-refractivity contribution in [2.24, 2.45) is 0 Å². The van der Waals surface area contributed by atoms with Crippen molar-refractivity contribution in [2.45, 2.75) is 57.5 Å². The molecule has 20 heavy (non-hydrogen) atoms. The van der Waals surface area contributed by atoms with Gasteiger partial charge in [-0.05, 0) is 26.3 Å². The van der Waals surface area contributed by atoms with E-state index in [0.29, 0.717) is 32.5 Å². The Balaban J connectivity index is 1.84. The number of rotatable bonds is 8. The molecule has 0 amide bonds. The van der Waals surface area contributed by atoms with Gasteiger partial charge in [0.15, 0.2) is 5.79 Å². The van der Waals surface area contributed by atoms with Crippen molar-refractivity contribution in [3.63, 3.8) is 0 Å². The predicted molar refractivity (Wildman–Crippen MR) is 76.8 cm³/mol. The number of hydrogen-bond donors (Lipinski definition) is 1. The highest BCUT2D eigenvalue weighted by molar-refractivity contribution is 4.92. The highest BCUT2D eigenvalue weighted by Gasteiger charge is 2.45. The lowest BCUT2D eigenvalue weighted by atomic mass is 9.87. The van der Waals surface area contributed by atoms with Crippen LogP contribution in [0.15, 0.2) is 0 Å². The van der Waals surface area contributed by atoms with E-state index in [9.17, 15) is 0 Å². The Morgan fingerprint density at radius 2 is 2.00 bits per heavy atom. The molecule has 2 aliphatic rings. The van der Waals surface area contributed by atoms with Gasteiger partial charge < -0.3 is 24.3 Å². The van der Waals surface area contributed by atoms with Crippen LogP contribution in [0, 0.1) is 0 Å². The Bertz CT molecular complexity index is 269. The average molecular weight is 287 g/mol. The van der Waals surface area contributed by atoms with E-state index >= 15 is 0 Å². The molecular weight excluding hydrogens is 258 g/mol. The van der Waals surface area contributed by atoms with Gasteiger partial charge in [-0.25, -0.2) is 0 Å². The second-order valence-corrected chi connectivity index (χ2v) is 5.52. The molecule has 0 bridgehead atoms. The fraction of sp³-hybridized carbons (Fsp3) is 1.00. The molecule has 1 aliphatic heterocycles. The van der Waals surface area contributed by atoms with E-state index in [2.05, 4.69) is 12.2 Å². The summed E-state index contributed by atoms with van der Waals surface area (Å²) in [5.41, 5.74) is 0. The molecule has 0 aromatic carbocycles. The van der Waals surface area contributed by atoms with Gasteiger partial charge in [0, 0.05) is 25.5 Å². The molecule has 1 heterocycles. The molecule has 0 aromatic heterocycles. The third-order valence-corrected chi connectivity index (χ3v) is 4.03. The van der Waals surface area contributed by atoms with Crippen molar-refractivity contribution < 1.29 is 18.9 Å². The zero-order valence-corrected chi connectivity index (χ0v) is 12.9. The highest BCUT2D eigenvalue weighted by Crippen LogP contribution is 2.37. The number of nitrogens with one attached hydrogen (secondary N) is 1. The van der Waals surface area contributed by atoms with Gasteiger partial charge >= 0.3 is 0 Å². The lowest BCUT2D eigenvalue weighted by molar-refractivity contribution is -0.208. The molecule has 1 saturated heterocycles. The van der Waals surface area contributed by atoms with Crippen LogP contribution < -0.4 is 5.32 Å². The zero-order valence-electron chi connectivity index (χ0n) is 12.9. The molecule has 2 atom stereocenters. The van der Waals surface area contributed by atoms with E-state index in [1.807, 2.05) is 6.92 Å². The topological polar surface area (TPSA) is 49.0 Å². The summed E-state index contributed by atoms with van der Waals surface area (Å²) < 4.78 is 23.0. The van der Waals surface area contributed by atoms with E-state index in [4.69, 9.17) is 18.9 Å². The summed E-state index contributed by atoms with van der Waals surface area (Å²) in [5.74, 6) is -0.388. The molecular formula is C15H29NO4. The number of ether oxygens (including phenoxy) is 4. The summed E-state index contributed by atoms with van der Waals surface area (Å²) in [7, 11) is 0. The summed E-state index contributed by atoms with van der Waals surface area (Å²) >= 11 is 0. The van der Waals surface area contributed by atoms with Crippen molar-refractivity contribution in [2.75, 3.05) is 39.6 Å². The summed E-state index contributed by atoms with van der Waals surface area (Å²) in [6, 6.07) is 0.398. The summed E-state index contributed by atoms with van der Waals surface area (Å²) in [5, 5.41) is 3.59. The van der Waals surface area contributed by atoms with Crippen LogP contribution in [0.2, 0.25) is 0 Å². The molecule has 2 fully saturated rings. The van der Waals surface area contributed by atoms with Gasteiger partial charge in [-0.3, -0.25) is 0 Å². The Hall–Kier alpha value is -0.200. The second-order valence-electron chi connectivity index (χ2n) is 5.52. The van der Waals surface area contributed by atoms with Gasteiger partial charge in [-0.15, -0.1) is 0 Å². The molecule has 0 aromatic rings. The van der Waals surface area contributed by atoms with Crippen LogP contribution in [0.3, 0.4) is 0 Å². The molecule has 1 spiro atoms. The quantitative estimate of drug-likeness (QED) is 0.689. The molecule has 1 N–H and O–H groups in total. The van der Waals surface area contributed by atoms with E-state index in [0.717, 1.165) is 38.8 Å². The molecule has 5 nitrogen and oxygen atoms in total. The Morgan fingerprint density at radius 1 is 1.20 bits per heavy atom. The summed E-state index contributed by atoms with van der Waals surface area (Å²) in [4.78, 5) is 0. The maximum atomic E-state index is 6.03. The maximum absolute atomic E-state index is 6.03. The number of hydrogen-bond acceptors (Lipinski definition) is 5. The van der Waals surface area contributed by atoms with Crippen molar-refractivity contribution in [3.8, 4) is 0 Å². The third kappa shape index (κ3) is 4.40. The van der Waals surface area contributed by atoms with E-state index in [1.54, 1.807) is 0 Å². The zero-order chi connectivity index (χ0) is 14.3. The van der Waals surface area contributed by atoms with Crippen LogP contribution in [0.25, 0.3) is 0 Å². The molecule has 5 heteroatoms. The molecule has 1 aliphatic carbocycles. The van der Waals surface area contributed by atoms with Gasteiger partial charge in [0.05, 0.1) is 32.5 Å². The lowest BCUT2D eigenvalue weighted by Crippen LogP contribution is -2.52. The first-order chi connectivity index (χ1) is 9.79. The van der Waals surface area contributed by atoms with Crippen LogP contribution >= 0.6 is 0 Å². The molecule has 2 rings (SSSR count). The van der Waals surface area contributed by atoms with Gasteiger partial charge in [0.1, 0.15) is 0 Å². The Labute approximate surface area is 122 Å². The Morgan fingerprint density at radius 3 is 2.70 bits per heavy atom. The van der Waals surface area contributed by atoms with Crippen molar-refractivity contribution >= 4 is 0 Å². The first-order valence-corrected chi connectivity index (χ1v) is 8.00. The lowest BCUT2D eigenvalue weighted by Gasteiger charge is -2.41. The molecule has 1 saturated carbocycles. The first-order valence-electron chi connectivity index (χ1n) is 8.00. The van der Waals surface area contributed by atoms with Crippen LogP contribution in [0.5, 0.6) is 0 Å². The standard InChI is InChI=1S/C15H29NO4/c1-3-7-16-13-5-6-15(19-10-11-20-15)12-14(13)18-9-8-17-4-2/h13-14,16H,3-12H2,1-2H3. The minimum Gasteiger partial charge on any atom is -0.379 e. The van der Waals surface area contributed by atoms with Gasteiger partial charge in [-0.1, -0.05) is 6.92 Å². The van der Waals surface area contributed by atoms with E-state index < -0.39 is 0 Å². The van der Waals surface area contributed by atoms with Crippen molar-refractivity contribution in [1.82, 2.24) is 5.32 Å². The molecule has 2 unspecified atom stereocenters. The molecule has 0 radical (unpaired) electrons. The van der Waals surface area contributed by atoms with Crippen LogP contribution in [0.1, 0.15) is 39.5 Å². The average Bonchev–Trinajstić information content (AvgIpc) is 2.91. The predicted octanol–water partition coefficient (Wildman–Crippen LogP) is 1.70. The van der Waals surface area contributed by atoms with Gasteiger partial charge in [0.2, 0.25) is 0 Å². The first kappa shape index (κ1) is 16.2. The van der Waals surface area contributed by atoms with Crippen molar-refractivity contribution in [1.29, 1.82) is 0 Å². The minimum atomic E-state index is -0.388. The van der Waals surface area contributed by atoms with Crippen LogP contribution in [0.4, 0.5) is 0 Å². The minimum absolute atomic E-state index is 0.147. The summed E-state index contributed by atoms with van der Waals surface area (Å²) in [6.07, 6.45) is 4.11. The maximum Gasteiger partial charge on any atom is 0.171 e. The van der Waals surface area contributed by atoms with Gasteiger partial charge in [0.25, 0.3) is 0 Å². The third-order valence-electron chi connectivity index (χ3n) is 4.03. The SMILES string of the molecule is CCCNC1CCC2(CC1OCCOCC)OCCO2. The normalized spacial score (nSPS) is 29.1. The fourth-order valence-corrected chi connectivity index (χ4v) is 3.01. The fourth-order valence-electron chi connectivity index (χ4n) is 3.01. The van der Waals surface area contributed by atoms with Crippen molar-refractivity contribution in [3.05, 3.63) is 0 Å². The largest absolute Gasteiger partial charge is 0.379 e. The highest BCUT2D eigenvalue weighted by atomic mass is 16.7. The molecule has 118 valence electrons. The Kier molecular flexibility index (Phi) is 6.71.